The monoisotopic (exact) mass is 250 g/mol. The fraction of sp³-hybridized carbons (Fsp3) is 0.700. The number of aliphatic carboxylic acids is 1. The summed E-state index contributed by atoms with van der Waals surface area (Å²) in [6.45, 7) is 1.26. The second-order valence-electron chi connectivity index (χ2n) is 2.89. The Hall–Kier alpha value is -1.63. The van der Waals surface area contributed by atoms with Crippen LogP contribution in [-0.4, -0.2) is 48.4 Å². The van der Waals surface area contributed by atoms with Gasteiger partial charge in [0.15, 0.2) is 0 Å². The molecule has 2 N–H and O–H groups in total. The van der Waals surface area contributed by atoms with E-state index in [-0.39, 0.29) is 26.1 Å². The van der Waals surface area contributed by atoms with E-state index in [4.69, 9.17) is 15.0 Å². The third-order valence-electron chi connectivity index (χ3n) is 1.33. The van der Waals surface area contributed by atoms with Crippen LogP contribution in [0.1, 0.15) is 26.2 Å². The molecule has 0 aromatic heterocycles. The van der Waals surface area contributed by atoms with Crippen LogP contribution in [0.5, 0.6) is 0 Å². The summed E-state index contributed by atoms with van der Waals surface area (Å²) < 4.78 is 9.01. The standard InChI is InChI=1S/C8H14O5.C2H4O2/c1-12-7(10)3-4-8(11)13-6-2-5-9;1-2(3)4/h9H,2-6H2,1H3;1H3,(H,3,4). The zero-order valence-electron chi connectivity index (χ0n) is 9.97. The lowest BCUT2D eigenvalue weighted by Gasteiger charge is -2.02. The second kappa shape index (κ2) is 12.4. The highest BCUT2D eigenvalue weighted by atomic mass is 16.5. The maximum atomic E-state index is 10.8. The average Bonchev–Trinajstić information content (AvgIpc) is 2.25. The van der Waals surface area contributed by atoms with Crippen LogP contribution < -0.4 is 0 Å². The maximum absolute atomic E-state index is 10.8. The molecule has 0 atom stereocenters. The van der Waals surface area contributed by atoms with E-state index in [0.29, 0.717) is 6.42 Å². The average molecular weight is 250 g/mol. The number of carboxylic acid groups (broad SMARTS) is 1. The lowest BCUT2D eigenvalue weighted by Crippen LogP contribution is -2.10. The van der Waals surface area contributed by atoms with Crippen molar-refractivity contribution in [1.29, 1.82) is 0 Å². The minimum absolute atomic E-state index is 0.00964. The molecular weight excluding hydrogens is 232 g/mol. The van der Waals surface area contributed by atoms with Crippen molar-refractivity contribution in [1.82, 2.24) is 0 Å². The minimum Gasteiger partial charge on any atom is -0.481 e. The Morgan fingerprint density at radius 1 is 1.12 bits per heavy atom. The topological polar surface area (TPSA) is 110 Å². The molecule has 0 saturated heterocycles. The van der Waals surface area contributed by atoms with Gasteiger partial charge in [-0.1, -0.05) is 0 Å². The van der Waals surface area contributed by atoms with Gasteiger partial charge in [0.25, 0.3) is 5.97 Å². The first-order chi connectivity index (χ1) is 7.93. The van der Waals surface area contributed by atoms with Crippen molar-refractivity contribution < 1.29 is 34.1 Å². The van der Waals surface area contributed by atoms with E-state index < -0.39 is 17.9 Å². The summed E-state index contributed by atoms with van der Waals surface area (Å²) in [6, 6.07) is 0. The molecule has 0 unspecified atom stereocenters. The zero-order chi connectivity index (χ0) is 13.7. The molecule has 0 amide bonds. The van der Waals surface area contributed by atoms with Crippen LogP contribution in [0.25, 0.3) is 0 Å². The highest BCUT2D eigenvalue weighted by Crippen LogP contribution is 1.95. The fourth-order valence-electron chi connectivity index (χ4n) is 0.629. The molecule has 0 rings (SSSR count). The summed E-state index contributed by atoms with van der Waals surface area (Å²) in [6.07, 6.45) is 0.483. The Morgan fingerprint density at radius 3 is 2.00 bits per heavy atom. The van der Waals surface area contributed by atoms with Crippen LogP contribution in [0, 0.1) is 0 Å². The molecule has 0 aliphatic rings. The molecule has 0 fully saturated rings. The van der Waals surface area contributed by atoms with Gasteiger partial charge in [-0.3, -0.25) is 14.4 Å². The molecule has 7 nitrogen and oxygen atoms in total. The van der Waals surface area contributed by atoms with Crippen LogP contribution in [0.15, 0.2) is 0 Å². The van der Waals surface area contributed by atoms with Crippen LogP contribution >= 0.6 is 0 Å². The van der Waals surface area contributed by atoms with E-state index in [2.05, 4.69) is 9.47 Å². The van der Waals surface area contributed by atoms with E-state index in [9.17, 15) is 9.59 Å². The first-order valence-corrected chi connectivity index (χ1v) is 4.96. The van der Waals surface area contributed by atoms with Gasteiger partial charge in [-0.05, 0) is 0 Å². The van der Waals surface area contributed by atoms with Gasteiger partial charge in [0.05, 0.1) is 26.6 Å². The Labute approximate surface area is 99.3 Å². The number of aliphatic hydroxyl groups is 1. The highest BCUT2D eigenvalue weighted by molar-refractivity contribution is 5.77. The molecule has 7 heteroatoms. The number of methoxy groups -OCH3 is 1. The summed E-state index contributed by atoms with van der Waals surface area (Å²) in [5.41, 5.74) is 0. The Kier molecular flexibility index (Phi) is 13.0. The van der Waals surface area contributed by atoms with Gasteiger partial charge in [-0.25, -0.2) is 0 Å². The lowest BCUT2D eigenvalue weighted by molar-refractivity contribution is -0.149. The van der Waals surface area contributed by atoms with Crippen LogP contribution in [0.4, 0.5) is 0 Å². The Bertz CT molecular complexity index is 233. The van der Waals surface area contributed by atoms with Gasteiger partial charge in [0.2, 0.25) is 0 Å². The third-order valence-corrected chi connectivity index (χ3v) is 1.33. The molecule has 0 aromatic rings. The SMILES string of the molecule is CC(=O)O.COC(=O)CCC(=O)OCCCO. The largest absolute Gasteiger partial charge is 0.481 e. The number of carboxylic acids is 1. The van der Waals surface area contributed by atoms with E-state index in [1.165, 1.54) is 7.11 Å². The molecule has 17 heavy (non-hydrogen) atoms. The number of carbonyl (C=O) groups excluding carboxylic acids is 2. The summed E-state index contributed by atoms with van der Waals surface area (Å²) >= 11 is 0. The summed E-state index contributed by atoms with van der Waals surface area (Å²) in [4.78, 5) is 30.4. The minimum atomic E-state index is -0.833. The number of ether oxygens (including phenoxy) is 2. The molecule has 0 aliphatic heterocycles. The second-order valence-corrected chi connectivity index (χ2v) is 2.89. The van der Waals surface area contributed by atoms with Crippen molar-refractivity contribution in [2.45, 2.75) is 26.2 Å². The van der Waals surface area contributed by atoms with Crippen molar-refractivity contribution >= 4 is 17.9 Å². The van der Waals surface area contributed by atoms with Crippen molar-refractivity contribution in [3.63, 3.8) is 0 Å². The van der Waals surface area contributed by atoms with Crippen molar-refractivity contribution in [3.05, 3.63) is 0 Å². The number of rotatable bonds is 6. The number of hydrogen-bond donors (Lipinski definition) is 2. The van der Waals surface area contributed by atoms with Crippen LogP contribution in [0.3, 0.4) is 0 Å². The first-order valence-electron chi connectivity index (χ1n) is 4.96. The highest BCUT2D eigenvalue weighted by Gasteiger charge is 2.06. The molecule has 0 aromatic carbocycles. The number of esters is 2. The normalized spacial score (nSPS) is 8.65. The predicted octanol–water partition coefficient (Wildman–Crippen LogP) is -0.0439. The number of hydrogen-bond acceptors (Lipinski definition) is 6. The van der Waals surface area contributed by atoms with Gasteiger partial charge in [-0.15, -0.1) is 0 Å². The molecular formula is C10H18O7. The molecule has 100 valence electrons. The smallest absolute Gasteiger partial charge is 0.306 e. The van der Waals surface area contributed by atoms with Gasteiger partial charge in [0.1, 0.15) is 0 Å². The fourth-order valence-corrected chi connectivity index (χ4v) is 0.629. The van der Waals surface area contributed by atoms with E-state index >= 15 is 0 Å². The van der Waals surface area contributed by atoms with Crippen molar-refractivity contribution in [2.75, 3.05) is 20.3 Å². The number of aliphatic hydroxyl groups excluding tert-OH is 1. The first kappa shape index (κ1) is 17.8. The molecule has 0 saturated carbocycles. The Morgan fingerprint density at radius 2 is 1.59 bits per heavy atom. The van der Waals surface area contributed by atoms with Crippen molar-refractivity contribution in [3.8, 4) is 0 Å². The lowest BCUT2D eigenvalue weighted by atomic mass is 10.3. The van der Waals surface area contributed by atoms with Gasteiger partial charge in [-0.2, -0.15) is 0 Å². The summed E-state index contributed by atoms with van der Waals surface area (Å²) in [7, 11) is 1.26. The van der Waals surface area contributed by atoms with Crippen LogP contribution in [0.2, 0.25) is 0 Å². The summed E-state index contributed by atoms with van der Waals surface area (Å²) in [5, 5.41) is 15.8. The van der Waals surface area contributed by atoms with Crippen LogP contribution in [-0.2, 0) is 23.9 Å². The van der Waals surface area contributed by atoms with Crippen molar-refractivity contribution in [2.24, 2.45) is 0 Å². The van der Waals surface area contributed by atoms with Gasteiger partial charge >= 0.3 is 11.9 Å². The number of carbonyl (C=O) groups is 3. The summed E-state index contributed by atoms with van der Waals surface area (Å²) in [5.74, 6) is -1.71. The quantitative estimate of drug-likeness (QED) is 0.502. The van der Waals surface area contributed by atoms with Gasteiger partial charge < -0.3 is 19.7 Å². The molecule has 0 heterocycles. The van der Waals surface area contributed by atoms with E-state index in [0.717, 1.165) is 6.92 Å². The Balaban J connectivity index is 0. The predicted molar refractivity (Wildman–Crippen MR) is 57.2 cm³/mol. The molecule has 0 radical (unpaired) electrons. The molecule has 0 aliphatic carbocycles. The van der Waals surface area contributed by atoms with E-state index in [1.54, 1.807) is 0 Å². The third kappa shape index (κ3) is 20.4. The zero-order valence-corrected chi connectivity index (χ0v) is 9.97. The van der Waals surface area contributed by atoms with E-state index in [1.807, 2.05) is 0 Å². The van der Waals surface area contributed by atoms with Gasteiger partial charge in [0, 0.05) is 20.0 Å². The molecule has 0 bridgehead atoms. The molecule has 0 spiro atoms. The maximum Gasteiger partial charge on any atom is 0.306 e.